The van der Waals surface area contributed by atoms with E-state index in [4.69, 9.17) is 0 Å². The number of hydrogen-bond acceptors (Lipinski definition) is 4. The van der Waals surface area contributed by atoms with Crippen LogP contribution in [0.5, 0.6) is 0 Å². The number of rotatable bonds is 4. The SMILES string of the molecule is CC(C)NC(=O)C(=O)NNC(=O)c1cn(-c2ccccc2)nc1-c1ccccc1. The average molecular weight is 391 g/mol. The fourth-order valence-electron chi connectivity index (χ4n) is 2.63. The van der Waals surface area contributed by atoms with Crippen molar-refractivity contribution in [1.29, 1.82) is 0 Å². The number of aromatic nitrogens is 2. The molecule has 8 nitrogen and oxygen atoms in total. The Morgan fingerprint density at radius 1 is 0.862 bits per heavy atom. The molecule has 0 saturated heterocycles. The van der Waals surface area contributed by atoms with Gasteiger partial charge in [0.2, 0.25) is 0 Å². The van der Waals surface area contributed by atoms with Gasteiger partial charge >= 0.3 is 11.8 Å². The molecular formula is C21H21N5O3. The van der Waals surface area contributed by atoms with E-state index in [9.17, 15) is 14.4 Å². The molecule has 2 aromatic carbocycles. The molecule has 0 unspecified atom stereocenters. The summed E-state index contributed by atoms with van der Waals surface area (Å²) in [7, 11) is 0. The molecule has 3 aromatic rings. The Kier molecular flexibility index (Phi) is 6.03. The summed E-state index contributed by atoms with van der Waals surface area (Å²) < 4.78 is 1.59. The van der Waals surface area contributed by atoms with Crippen molar-refractivity contribution in [2.75, 3.05) is 0 Å². The van der Waals surface area contributed by atoms with E-state index in [0.29, 0.717) is 5.69 Å². The summed E-state index contributed by atoms with van der Waals surface area (Å²) in [4.78, 5) is 36.2. The molecule has 1 heterocycles. The first kappa shape index (κ1) is 19.8. The van der Waals surface area contributed by atoms with Crippen LogP contribution in [0.1, 0.15) is 24.2 Å². The third-order valence-corrected chi connectivity index (χ3v) is 3.94. The van der Waals surface area contributed by atoms with Crippen molar-refractivity contribution in [2.24, 2.45) is 0 Å². The molecule has 0 aliphatic heterocycles. The van der Waals surface area contributed by atoms with Gasteiger partial charge in [0.05, 0.1) is 11.3 Å². The lowest BCUT2D eigenvalue weighted by Crippen LogP contribution is -2.49. The van der Waals surface area contributed by atoms with Gasteiger partial charge in [0.25, 0.3) is 5.91 Å². The highest BCUT2D eigenvalue weighted by molar-refractivity contribution is 6.35. The van der Waals surface area contributed by atoms with Crippen LogP contribution in [0.4, 0.5) is 0 Å². The summed E-state index contributed by atoms with van der Waals surface area (Å²) in [6.45, 7) is 3.46. The number of amides is 3. The van der Waals surface area contributed by atoms with Gasteiger partial charge in [-0.05, 0) is 26.0 Å². The minimum absolute atomic E-state index is 0.197. The Morgan fingerprint density at radius 2 is 1.48 bits per heavy atom. The van der Waals surface area contributed by atoms with Crippen LogP contribution in [0.3, 0.4) is 0 Å². The van der Waals surface area contributed by atoms with Gasteiger partial charge < -0.3 is 5.32 Å². The number of hydrogen-bond donors (Lipinski definition) is 3. The monoisotopic (exact) mass is 391 g/mol. The van der Waals surface area contributed by atoms with E-state index in [1.165, 1.54) is 0 Å². The quantitative estimate of drug-likeness (QED) is 0.466. The number of para-hydroxylation sites is 1. The minimum Gasteiger partial charge on any atom is -0.346 e. The summed E-state index contributed by atoms with van der Waals surface area (Å²) in [5.41, 5.74) is 6.64. The normalized spacial score (nSPS) is 10.4. The second-order valence-corrected chi connectivity index (χ2v) is 6.57. The minimum atomic E-state index is -0.955. The molecule has 0 aliphatic carbocycles. The first-order valence-electron chi connectivity index (χ1n) is 9.07. The second kappa shape index (κ2) is 8.83. The maximum absolute atomic E-state index is 12.7. The predicted molar refractivity (Wildman–Crippen MR) is 108 cm³/mol. The number of carbonyl (C=O) groups excluding carboxylic acids is 3. The Bertz CT molecular complexity index is 1010. The van der Waals surface area contributed by atoms with Crippen LogP contribution < -0.4 is 16.2 Å². The van der Waals surface area contributed by atoms with Gasteiger partial charge in [0.1, 0.15) is 5.69 Å². The van der Waals surface area contributed by atoms with Gasteiger partial charge in [-0.25, -0.2) is 4.68 Å². The lowest BCUT2D eigenvalue weighted by atomic mass is 10.1. The van der Waals surface area contributed by atoms with Gasteiger partial charge in [-0.1, -0.05) is 48.5 Å². The molecule has 0 bridgehead atoms. The zero-order valence-electron chi connectivity index (χ0n) is 16.0. The van der Waals surface area contributed by atoms with E-state index in [-0.39, 0.29) is 11.6 Å². The summed E-state index contributed by atoms with van der Waals surface area (Å²) >= 11 is 0. The number of nitrogens with zero attached hydrogens (tertiary/aromatic N) is 2. The summed E-state index contributed by atoms with van der Waals surface area (Å²) in [5.74, 6) is -2.37. The van der Waals surface area contributed by atoms with E-state index < -0.39 is 17.7 Å². The fourth-order valence-corrected chi connectivity index (χ4v) is 2.63. The number of carbonyl (C=O) groups is 3. The third kappa shape index (κ3) is 4.86. The number of nitrogens with one attached hydrogen (secondary N) is 3. The van der Waals surface area contributed by atoms with Gasteiger partial charge in [0, 0.05) is 17.8 Å². The summed E-state index contributed by atoms with van der Waals surface area (Å²) in [5, 5.41) is 6.99. The first-order chi connectivity index (χ1) is 14.0. The molecule has 8 heteroatoms. The highest BCUT2D eigenvalue weighted by atomic mass is 16.2. The van der Waals surface area contributed by atoms with Crippen LogP contribution >= 0.6 is 0 Å². The van der Waals surface area contributed by atoms with Crippen LogP contribution in [0.2, 0.25) is 0 Å². The van der Waals surface area contributed by atoms with Crippen LogP contribution in [0.25, 0.3) is 16.9 Å². The highest BCUT2D eigenvalue weighted by Crippen LogP contribution is 2.23. The molecule has 0 radical (unpaired) electrons. The van der Waals surface area contributed by atoms with Crippen molar-refractivity contribution in [1.82, 2.24) is 25.9 Å². The van der Waals surface area contributed by atoms with Crippen molar-refractivity contribution in [3.63, 3.8) is 0 Å². The number of benzene rings is 2. The lowest BCUT2D eigenvalue weighted by Gasteiger charge is -2.09. The Hall–Kier alpha value is -3.94. The Labute approximate surface area is 167 Å². The molecule has 0 saturated carbocycles. The lowest BCUT2D eigenvalue weighted by molar-refractivity contribution is -0.139. The van der Waals surface area contributed by atoms with E-state index in [0.717, 1.165) is 11.3 Å². The van der Waals surface area contributed by atoms with Crippen LogP contribution in [-0.2, 0) is 9.59 Å². The Morgan fingerprint density at radius 3 is 2.10 bits per heavy atom. The molecular weight excluding hydrogens is 370 g/mol. The van der Waals surface area contributed by atoms with Gasteiger partial charge in [0.15, 0.2) is 0 Å². The first-order valence-corrected chi connectivity index (χ1v) is 9.07. The van der Waals surface area contributed by atoms with Crippen molar-refractivity contribution >= 4 is 17.7 Å². The van der Waals surface area contributed by atoms with Crippen molar-refractivity contribution in [2.45, 2.75) is 19.9 Å². The molecule has 0 aliphatic rings. The van der Waals surface area contributed by atoms with Gasteiger partial charge in [-0.3, -0.25) is 25.2 Å². The van der Waals surface area contributed by atoms with Crippen molar-refractivity contribution in [3.8, 4) is 16.9 Å². The molecule has 3 rings (SSSR count). The molecule has 3 amide bonds. The predicted octanol–water partition coefficient (Wildman–Crippen LogP) is 1.82. The van der Waals surface area contributed by atoms with Crippen molar-refractivity contribution < 1.29 is 14.4 Å². The summed E-state index contributed by atoms with van der Waals surface area (Å²) in [6, 6.07) is 18.4. The van der Waals surface area contributed by atoms with E-state index in [1.54, 1.807) is 24.7 Å². The van der Waals surface area contributed by atoms with E-state index in [1.807, 2.05) is 60.7 Å². The Balaban J connectivity index is 1.85. The standard InChI is InChI=1S/C21H21N5O3/c1-14(2)22-20(28)21(29)24-23-19(27)17-13-26(16-11-7-4-8-12-16)25-18(17)15-9-5-3-6-10-15/h3-14H,1-2H3,(H,22,28)(H,23,27)(H,24,29). The molecule has 0 fully saturated rings. The molecule has 0 atom stereocenters. The molecule has 3 N–H and O–H groups in total. The smallest absolute Gasteiger partial charge is 0.327 e. The van der Waals surface area contributed by atoms with Gasteiger partial charge in [-0.2, -0.15) is 5.10 Å². The maximum atomic E-state index is 12.7. The largest absolute Gasteiger partial charge is 0.346 e. The average Bonchev–Trinajstić information content (AvgIpc) is 3.18. The topological polar surface area (TPSA) is 105 Å². The summed E-state index contributed by atoms with van der Waals surface area (Å²) in [6.07, 6.45) is 1.58. The maximum Gasteiger partial charge on any atom is 0.327 e. The van der Waals surface area contributed by atoms with Crippen LogP contribution in [0.15, 0.2) is 66.9 Å². The highest BCUT2D eigenvalue weighted by Gasteiger charge is 2.20. The molecule has 29 heavy (non-hydrogen) atoms. The van der Waals surface area contributed by atoms with Crippen molar-refractivity contribution in [3.05, 3.63) is 72.4 Å². The zero-order chi connectivity index (χ0) is 20.8. The number of hydrazine groups is 1. The molecule has 1 aromatic heterocycles. The van der Waals surface area contributed by atoms with E-state index >= 15 is 0 Å². The second-order valence-electron chi connectivity index (χ2n) is 6.57. The van der Waals surface area contributed by atoms with Crippen LogP contribution in [0, 0.1) is 0 Å². The third-order valence-electron chi connectivity index (χ3n) is 3.94. The van der Waals surface area contributed by atoms with Gasteiger partial charge in [-0.15, -0.1) is 0 Å². The zero-order valence-corrected chi connectivity index (χ0v) is 16.0. The molecule has 0 spiro atoms. The fraction of sp³-hybridized carbons (Fsp3) is 0.143. The molecule has 148 valence electrons. The van der Waals surface area contributed by atoms with E-state index in [2.05, 4.69) is 21.3 Å². The van der Waals surface area contributed by atoms with Crippen LogP contribution in [-0.4, -0.2) is 33.5 Å².